The predicted octanol–water partition coefficient (Wildman–Crippen LogP) is 5.81. The number of ether oxygens (including phenoxy) is 1. The Balaban J connectivity index is 1.65. The Hall–Kier alpha value is -4.25. The van der Waals surface area contributed by atoms with E-state index in [2.05, 4.69) is 24.9 Å². The third-order valence-corrected chi connectivity index (χ3v) is 5.68. The minimum Gasteiger partial charge on any atom is -0.465 e. The van der Waals surface area contributed by atoms with Crippen molar-refractivity contribution in [2.75, 3.05) is 7.11 Å². The van der Waals surface area contributed by atoms with Gasteiger partial charge in [0, 0.05) is 23.8 Å². The summed E-state index contributed by atoms with van der Waals surface area (Å²) in [5, 5.41) is 8.55. The molecule has 3 heterocycles. The number of hydrogen-bond donors (Lipinski definition) is 0. The number of esters is 1. The van der Waals surface area contributed by atoms with Gasteiger partial charge in [0.25, 0.3) is 0 Å². The molecule has 0 aliphatic heterocycles. The van der Waals surface area contributed by atoms with Gasteiger partial charge >= 0.3 is 12.1 Å². The molecule has 0 bridgehead atoms. The molecule has 0 N–H and O–H groups in total. The number of methoxy groups -OCH3 is 1. The standard InChI is InChI=1S/C24H15ClF3N5O3/c1-33-11-30-32-21(33)16-10-14(25)3-4-15(16)12-5-6-29-19(8-12)22-31-18-9-13(23(34)35-2)7-17(20(18)36-22)24(26,27)28/h3-11H,1-2H3. The first-order valence-corrected chi connectivity index (χ1v) is 10.7. The smallest absolute Gasteiger partial charge is 0.420 e. The number of fused-ring (bicyclic) bond motifs is 1. The molecule has 12 heteroatoms. The number of nitrogens with zero attached hydrogens (tertiary/aromatic N) is 5. The van der Waals surface area contributed by atoms with E-state index in [1.165, 1.54) is 12.3 Å². The highest BCUT2D eigenvalue weighted by Gasteiger charge is 2.36. The average molecular weight is 514 g/mol. The van der Waals surface area contributed by atoms with E-state index in [-0.39, 0.29) is 22.7 Å². The van der Waals surface area contributed by atoms with Crippen molar-refractivity contribution in [3.63, 3.8) is 0 Å². The first-order valence-electron chi connectivity index (χ1n) is 10.4. The van der Waals surface area contributed by atoms with Crippen LogP contribution < -0.4 is 0 Å². The molecule has 0 aliphatic carbocycles. The summed E-state index contributed by atoms with van der Waals surface area (Å²) < 4.78 is 53.0. The lowest BCUT2D eigenvalue weighted by molar-refractivity contribution is -0.136. The predicted molar refractivity (Wildman–Crippen MR) is 124 cm³/mol. The zero-order valence-electron chi connectivity index (χ0n) is 18.7. The summed E-state index contributed by atoms with van der Waals surface area (Å²) in [7, 11) is 2.87. The molecule has 0 unspecified atom stereocenters. The molecule has 8 nitrogen and oxygen atoms in total. The Morgan fingerprint density at radius 1 is 1.11 bits per heavy atom. The van der Waals surface area contributed by atoms with Crippen LogP contribution in [0.15, 0.2) is 59.4 Å². The van der Waals surface area contributed by atoms with Crippen LogP contribution in [0.2, 0.25) is 5.02 Å². The van der Waals surface area contributed by atoms with Gasteiger partial charge in [-0.25, -0.2) is 9.78 Å². The van der Waals surface area contributed by atoms with Gasteiger partial charge in [-0.15, -0.1) is 10.2 Å². The van der Waals surface area contributed by atoms with Crippen molar-refractivity contribution in [1.82, 2.24) is 24.7 Å². The highest BCUT2D eigenvalue weighted by atomic mass is 35.5. The summed E-state index contributed by atoms with van der Waals surface area (Å²) >= 11 is 6.22. The molecule has 5 aromatic rings. The van der Waals surface area contributed by atoms with Crippen molar-refractivity contribution in [1.29, 1.82) is 0 Å². The maximum Gasteiger partial charge on any atom is 0.420 e. The topological polar surface area (TPSA) is 95.9 Å². The number of carbonyl (C=O) groups is 1. The summed E-state index contributed by atoms with van der Waals surface area (Å²) in [6.45, 7) is 0. The third kappa shape index (κ3) is 4.17. The number of aromatic nitrogens is 5. The van der Waals surface area contributed by atoms with Crippen molar-refractivity contribution >= 4 is 28.7 Å². The molecular weight excluding hydrogens is 499 g/mol. The van der Waals surface area contributed by atoms with E-state index >= 15 is 0 Å². The fourth-order valence-electron chi connectivity index (χ4n) is 3.78. The van der Waals surface area contributed by atoms with Crippen LogP contribution in [0, 0.1) is 0 Å². The Labute approximate surface area is 206 Å². The molecule has 5 rings (SSSR count). The zero-order valence-corrected chi connectivity index (χ0v) is 19.4. The molecule has 0 atom stereocenters. The molecule has 0 fully saturated rings. The van der Waals surface area contributed by atoms with Crippen LogP contribution in [0.25, 0.3) is 45.2 Å². The highest BCUT2D eigenvalue weighted by Crippen LogP contribution is 2.39. The lowest BCUT2D eigenvalue weighted by Gasteiger charge is -2.10. The first-order chi connectivity index (χ1) is 17.2. The lowest BCUT2D eigenvalue weighted by atomic mass is 9.99. The monoisotopic (exact) mass is 513 g/mol. The summed E-state index contributed by atoms with van der Waals surface area (Å²) in [6.07, 6.45) is -1.75. The molecule has 0 radical (unpaired) electrons. The van der Waals surface area contributed by atoms with Crippen LogP contribution in [-0.2, 0) is 18.0 Å². The molecular formula is C24H15ClF3N5O3. The lowest BCUT2D eigenvalue weighted by Crippen LogP contribution is -2.09. The minimum atomic E-state index is -4.79. The molecule has 0 amide bonds. The summed E-state index contributed by atoms with van der Waals surface area (Å²) in [6, 6.07) is 10.5. The number of aryl methyl sites for hydroxylation is 1. The molecule has 0 aliphatic rings. The largest absolute Gasteiger partial charge is 0.465 e. The van der Waals surface area contributed by atoms with Crippen LogP contribution in [0.1, 0.15) is 15.9 Å². The van der Waals surface area contributed by atoms with Crippen molar-refractivity contribution in [3.05, 3.63) is 71.1 Å². The number of oxazole rings is 1. The number of halogens is 4. The minimum absolute atomic E-state index is 0.145. The van der Waals surface area contributed by atoms with E-state index in [1.807, 2.05) is 0 Å². The van der Waals surface area contributed by atoms with Crippen LogP contribution in [0.4, 0.5) is 13.2 Å². The normalized spacial score (nSPS) is 11.7. The molecule has 0 saturated carbocycles. The summed E-state index contributed by atoms with van der Waals surface area (Å²) in [5.41, 5.74) is 0.185. The number of benzene rings is 2. The second-order valence-electron chi connectivity index (χ2n) is 7.77. The Morgan fingerprint density at radius 3 is 2.61 bits per heavy atom. The average Bonchev–Trinajstić information content (AvgIpc) is 3.48. The number of hydrogen-bond acceptors (Lipinski definition) is 7. The number of carbonyl (C=O) groups excluding carboxylic acids is 1. The zero-order chi connectivity index (χ0) is 25.6. The van der Waals surface area contributed by atoms with Crippen LogP contribution in [0.5, 0.6) is 0 Å². The van der Waals surface area contributed by atoms with Crippen molar-refractivity contribution in [2.24, 2.45) is 7.05 Å². The van der Waals surface area contributed by atoms with Gasteiger partial charge in [0.1, 0.15) is 23.1 Å². The van der Waals surface area contributed by atoms with Gasteiger partial charge in [0.15, 0.2) is 11.4 Å². The first kappa shape index (κ1) is 23.5. The maximum absolute atomic E-state index is 13.7. The maximum atomic E-state index is 13.7. The van der Waals surface area contributed by atoms with Crippen LogP contribution in [-0.4, -0.2) is 37.8 Å². The Bertz CT molecular complexity index is 1630. The second-order valence-corrected chi connectivity index (χ2v) is 8.20. The summed E-state index contributed by atoms with van der Waals surface area (Å²) in [4.78, 5) is 20.3. The quantitative estimate of drug-likeness (QED) is 0.280. The molecule has 36 heavy (non-hydrogen) atoms. The van der Waals surface area contributed by atoms with Crippen molar-refractivity contribution in [3.8, 4) is 34.1 Å². The van der Waals surface area contributed by atoms with Crippen molar-refractivity contribution < 1.29 is 27.1 Å². The fourth-order valence-corrected chi connectivity index (χ4v) is 3.96. The van der Waals surface area contributed by atoms with Gasteiger partial charge in [-0.1, -0.05) is 17.7 Å². The van der Waals surface area contributed by atoms with Gasteiger partial charge in [0.05, 0.1) is 12.7 Å². The molecule has 182 valence electrons. The number of pyridine rings is 1. The third-order valence-electron chi connectivity index (χ3n) is 5.44. The van der Waals surface area contributed by atoms with Gasteiger partial charge in [0.2, 0.25) is 5.89 Å². The van der Waals surface area contributed by atoms with Gasteiger partial charge < -0.3 is 13.7 Å². The molecule has 0 spiro atoms. The summed E-state index contributed by atoms with van der Waals surface area (Å²) in [5.74, 6) is -0.502. The van der Waals surface area contributed by atoms with Gasteiger partial charge in [-0.2, -0.15) is 13.2 Å². The number of rotatable bonds is 4. The van der Waals surface area contributed by atoms with E-state index in [4.69, 9.17) is 16.0 Å². The van der Waals surface area contributed by atoms with E-state index in [9.17, 15) is 18.0 Å². The van der Waals surface area contributed by atoms with Crippen LogP contribution in [0.3, 0.4) is 0 Å². The molecule has 2 aromatic carbocycles. The second kappa shape index (κ2) is 8.76. The fraction of sp³-hybridized carbons (Fsp3) is 0.125. The molecule has 0 saturated heterocycles. The Kier molecular flexibility index (Phi) is 5.71. The van der Waals surface area contributed by atoms with Gasteiger partial charge in [-0.3, -0.25) is 4.98 Å². The van der Waals surface area contributed by atoms with E-state index in [0.717, 1.165) is 12.7 Å². The van der Waals surface area contributed by atoms with Crippen molar-refractivity contribution in [2.45, 2.75) is 6.18 Å². The number of alkyl halides is 3. The van der Waals surface area contributed by atoms with E-state index in [0.29, 0.717) is 28.0 Å². The SMILES string of the molecule is COC(=O)c1cc(C(F)(F)F)c2oc(-c3cc(-c4ccc(Cl)cc4-c4nncn4C)ccn3)nc2c1. The Morgan fingerprint density at radius 2 is 1.92 bits per heavy atom. The van der Waals surface area contributed by atoms with Crippen LogP contribution >= 0.6 is 11.6 Å². The highest BCUT2D eigenvalue weighted by molar-refractivity contribution is 6.31. The van der Waals surface area contributed by atoms with E-state index in [1.54, 1.807) is 48.3 Å². The van der Waals surface area contributed by atoms with Gasteiger partial charge in [-0.05, 0) is 47.5 Å². The van der Waals surface area contributed by atoms with E-state index < -0.39 is 23.3 Å². The molecule has 3 aromatic heterocycles.